The summed E-state index contributed by atoms with van der Waals surface area (Å²) in [5, 5.41) is 13.7. The molecule has 1 N–H and O–H groups in total. The zero-order valence-corrected chi connectivity index (χ0v) is 13.5. The molecule has 0 atom stereocenters. The lowest BCUT2D eigenvalue weighted by Gasteiger charge is -2.06. The maximum atomic E-state index is 12.2. The van der Waals surface area contributed by atoms with E-state index in [2.05, 4.69) is 15.5 Å². The number of nitrogens with one attached hydrogen (secondary N) is 1. The molecule has 1 fully saturated rings. The minimum atomic E-state index is -0.100. The quantitative estimate of drug-likeness (QED) is 0.781. The highest BCUT2D eigenvalue weighted by atomic mass is 32.1. The van der Waals surface area contributed by atoms with Gasteiger partial charge in [0.25, 0.3) is 0 Å². The predicted molar refractivity (Wildman–Crippen MR) is 89.0 cm³/mol. The third-order valence-electron chi connectivity index (χ3n) is 3.91. The van der Waals surface area contributed by atoms with Crippen molar-refractivity contribution in [3.8, 4) is 5.75 Å². The number of fused-ring (bicyclic) bond motifs is 1. The van der Waals surface area contributed by atoms with Gasteiger partial charge < -0.3 is 9.30 Å². The SMILES string of the molecule is COc1ccc2c(ccn2CC(=O)Nc2nnc(C3CC3)s2)c1. The van der Waals surface area contributed by atoms with E-state index in [0.29, 0.717) is 11.0 Å². The van der Waals surface area contributed by atoms with Crippen molar-refractivity contribution in [2.45, 2.75) is 25.3 Å². The molecule has 0 aliphatic heterocycles. The van der Waals surface area contributed by atoms with Gasteiger partial charge in [0, 0.05) is 23.0 Å². The van der Waals surface area contributed by atoms with Crippen molar-refractivity contribution >= 4 is 33.3 Å². The molecule has 3 aromatic rings. The summed E-state index contributed by atoms with van der Waals surface area (Å²) in [6.07, 6.45) is 4.27. The summed E-state index contributed by atoms with van der Waals surface area (Å²) < 4.78 is 7.13. The first-order valence-corrected chi connectivity index (χ1v) is 8.31. The topological polar surface area (TPSA) is 69.0 Å². The normalized spacial score (nSPS) is 14.1. The number of aromatic nitrogens is 3. The number of benzene rings is 1. The molecule has 6 nitrogen and oxygen atoms in total. The minimum absolute atomic E-state index is 0.100. The molecule has 1 amide bonds. The average molecular weight is 328 g/mol. The summed E-state index contributed by atoms with van der Waals surface area (Å²) in [6, 6.07) is 7.78. The molecule has 0 unspecified atom stereocenters. The predicted octanol–water partition coefficient (Wildman–Crippen LogP) is 3.02. The van der Waals surface area contributed by atoms with E-state index in [9.17, 15) is 4.79 Å². The number of ether oxygens (including phenoxy) is 1. The lowest BCUT2D eigenvalue weighted by molar-refractivity contribution is -0.116. The molecule has 23 heavy (non-hydrogen) atoms. The second kappa shape index (κ2) is 5.66. The molecule has 1 saturated carbocycles. The zero-order chi connectivity index (χ0) is 15.8. The maximum absolute atomic E-state index is 12.2. The Morgan fingerprint density at radius 3 is 3.04 bits per heavy atom. The summed E-state index contributed by atoms with van der Waals surface area (Å²) in [5.74, 6) is 1.26. The van der Waals surface area contributed by atoms with Gasteiger partial charge in [0.05, 0.1) is 7.11 Å². The maximum Gasteiger partial charge on any atom is 0.246 e. The molecule has 118 valence electrons. The summed E-state index contributed by atoms with van der Waals surface area (Å²) in [4.78, 5) is 12.2. The van der Waals surface area contributed by atoms with Gasteiger partial charge in [-0.05, 0) is 37.1 Å². The molecular formula is C16H16N4O2S. The Balaban J connectivity index is 1.47. The number of carbonyl (C=O) groups is 1. The van der Waals surface area contributed by atoms with Crippen molar-refractivity contribution in [3.05, 3.63) is 35.5 Å². The van der Waals surface area contributed by atoms with Crippen LogP contribution in [0.2, 0.25) is 0 Å². The first kappa shape index (κ1) is 14.2. The number of rotatable bonds is 5. The summed E-state index contributed by atoms with van der Waals surface area (Å²) in [6.45, 7) is 0.244. The van der Waals surface area contributed by atoms with Crippen LogP contribution >= 0.6 is 11.3 Å². The Morgan fingerprint density at radius 2 is 2.26 bits per heavy atom. The fraction of sp³-hybridized carbons (Fsp3) is 0.312. The van der Waals surface area contributed by atoms with Crippen LogP contribution in [0.3, 0.4) is 0 Å². The van der Waals surface area contributed by atoms with Crippen LogP contribution in [0.15, 0.2) is 30.5 Å². The highest BCUT2D eigenvalue weighted by Gasteiger charge is 2.27. The Hall–Kier alpha value is -2.41. The van der Waals surface area contributed by atoms with Gasteiger partial charge >= 0.3 is 0 Å². The monoisotopic (exact) mass is 328 g/mol. The van der Waals surface area contributed by atoms with Gasteiger partial charge in [-0.2, -0.15) is 0 Å². The molecule has 1 aliphatic rings. The van der Waals surface area contributed by atoms with Crippen LogP contribution in [0.5, 0.6) is 5.75 Å². The van der Waals surface area contributed by atoms with Gasteiger partial charge in [0.1, 0.15) is 17.3 Å². The number of methoxy groups -OCH3 is 1. The van der Waals surface area contributed by atoms with Gasteiger partial charge in [0.15, 0.2) is 0 Å². The molecule has 1 aliphatic carbocycles. The van der Waals surface area contributed by atoms with Crippen molar-refractivity contribution in [1.29, 1.82) is 0 Å². The van der Waals surface area contributed by atoms with Crippen molar-refractivity contribution in [1.82, 2.24) is 14.8 Å². The van der Waals surface area contributed by atoms with E-state index in [1.54, 1.807) is 7.11 Å². The molecule has 2 heterocycles. The average Bonchev–Trinajstić information content (AvgIpc) is 3.19. The second-order valence-electron chi connectivity index (χ2n) is 5.64. The van der Waals surface area contributed by atoms with Crippen molar-refractivity contribution in [2.75, 3.05) is 12.4 Å². The highest BCUT2D eigenvalue weighted by molar-refractivity contribution is 7.15. The van der Waals surface area contributed by atoms with Crippen molar-refractivity contribution in [3.63, 3.8) is 0 Å². The first-order chi connectivity index (χ1) is 11.2. The van der Waals surface area contributed by atoms with Crippen LogP contribution < -0.4 is 10.1 Å². The molecule has 1 aromatic carbocycles. The van der Waals surface area contributed by atoms with Crippen LogP contribution in [-0.2, 0) is 11.3 Å². The van der Waals surface area contributed by atoms with Gasteiger partial charge in [-0.25, -0.2) is 0 Å². The van der Waals surface area contributed by atoms with E-state index in [-0.39, 0.29) is 12.5 Å². The van der Waals surface area contributed by atoms with Crippen LogP contribution in [0.1, 0.15) is 23.8 Å². The Bertz CT molecular complexity index is 866. The number of amides is 1. The highest BCUT2D eigenvalue weighted by Crippen LogP contribution is 2.42. The fourth-order valence-corrected chi connectivity index (χ4v) is 3.47. The van der Waals surface area contributed by atoms with E-state index in [1.165, 1.54) is 24.2 Å². The van der Waals surface area contributed by atoms with E-state index in [1.807, 2.05) is 35.0 Å². The summed E-state index contributed by atoms with van der Waals surface area (Å²) in [7, 11) is 1.64. The van der Waals surface area contributed by atoms with Gasteiger partial charge in [-0.3, -0.25) is 10.1 Å². The van der Waals surface area contributed by atoms with Crippen molar-refractivity contribution in [2.24, 2.45) is 0 Å². The summed E-state index contributed by atoms with van der Waals surface area (Å²) >= 11 is 1.47. The third kappa shape index (κ3) is 2.92. The molecule has 7 heteroatoms. The van der Waals surface area contributed by atoms with Gasteiger partial charge in [0.2, 0.25) is 11.0 Å². The molecule has 0 saturated heterocycles. The van der Waals surface area contributed by atoms with E-state index in [0.717, 1.165) is 21.7 Å². The number of nitrogens with zero attached hydrogens (tertiary/aromatic N) is 3. The van der Waals surface area contributed by atoms with Crippen LogP contribution in [0.4, 0.5) is 5.13 Å². The fourth-order valence-electron chi connectivity index (χ4n) is 2.54. The molecule has 0 radical (unpaired) electrons. The van der Waals surface area contributed by atoms with Gasteiger partial charge in [-0.15, -0.1) is 10.2 Å². The Kier molecular flexibility index (Phi) is 3.49. The van der Waals surface area contributed by atoms with Gasteiger partial charge in [-0.1, -0.05) is 11.3 Å². The van der Waals surface area contributed by atoms with Crippen LogP contribution in [0.25, 0.3) is 10.9 Å². The van der Waals surface area contributed by atoms with E-state index in [4.69, 9.17) is 4.74 Å². The number of anilines is 1. The number of hydrogen-bond acceptors (Lipinski definition) is 5. The molecular weight excluding hydrogens is 312 g/mol. The second-order valence-corrected chi connectivity index (χ2v) is 6.65. The zero-order valence-electron chi connectivity index (χ0n) is 12.7. The minimum Gasteiger partial charge on any atom is -0.497 e. The smallest absolute Gasteiger partial charge is 0.246 e. The number of carbonyl (C=O) groups excluding carboxylic acids is 1. The largest absolute Gasteiger partial charge is 0.497 e. The Morgan fingerprint density at radius 1 is 1.39 bits per heavy atom. The Labute approximate surface area is 137 Å². The third-order valence-corrected chi connectivity index (χ3v) is 4.91. The molecule has 0 spiro atoms. The van der Waals surface area contributed by atoms with Crippen LogP contribution in [-0.4, -0.2) is 27.8 Å². The number of hydrogen-bond donors (Lipinski definition) is 1. The van der Waals surface area contributed by atoms with Crippen LogP contribution in [0, 0.1) is 0 Å². The first-order valence-electron chi connectivity index (χ1n) is 7.49. The van der Waals surface area contributed by atoms with Crippen molar-refractivity contribution < 1.29 is 9.53 Å². The molecule has 4 rings (SSSR count). The van der Waals surface area contributed by atoms with E-state index < -0.39 is 0 Å². The lowest BCUT2D eigenvalue weighted by atomic mass is 10.2. The van der Waals surface area contributed by atoms with E-state index >= 15 is 0 Å². The lowest BCUT2D eigenvalue weighted by Crippen LogP contribution is -2.18. The molecule has 2 aromatic heterocycles. The standard InChI is InChI=1S/C16H16N4O2S/c1-22-12-4-5-13-11(8-12)6-7-20(13)9-14(21)17-16-19-18-15(23-16)10-2-3-10/h4-8,10H,2-3,9H2,1H3,(H,17,19,21). The summed E-state index contributed by atoms with van der Waals surface area (Å²) in [5.41, 5.74) is 0.997. The molecule has 0 bridgehead atoms.